The Morgan fingerprint density at radius 2 is 2.14 bits per heavy atom. The lowest BCUT2D eigenvalue weighted by Crippen LogP contribution is -2.42. The van der Waals surface area contributed by atoms with E-state index in [9.17, 15) is 13.2 Å². The Hall–Kier alpha value is -2.33. The maximum absolute atomic E-state index is 12.6. The van der Waals surface area contributed by atoms with Gasteiger partial charge in [0.1, 0.15) is 5.75 Å². The molecule has 1 saturated heterocycles. The lowest BCUT2D eigenvalue weighted by molar-refractivity contribution is -0.129. The van der Waals surface area contributed by atoms with E-state index in [1.165, 1.54) is 0 Å². The molecule has 1 aromatic heterocycles. The molecule has 0 bridgehead atoms. The molecule has 0 aliphatic carbocycles. The van der Waals surface area contributed by atoms with Crippen LogP contribution in [0.1, 0.15) is 6.42 Å². The number of thioether (sulfide) groups is 1. The highest BCUT2D eigenvalue weighted by Crippen LogP contribution is 2.26. The van der Waals surface area contributed by atoms with Crippen molar-refractivity contribution >= 4 is 27.5 Å². The van der Waals surface area contributed by atoms with E-state index >= 15 is 0 Å². The third-order valence-corrected chi connectivity index (χ3v) is 6.91. The first-order chi connectivity index (χ1) is 13.4. The lowest BCUT2D eigenvalue weighted by atomic mass is 10.2. The summed E-state index contributed by atoms with van der Waals surface area (Å²) in [6, 6.07) is 6.88. The maximum atomic E-state index is 12.6. The van der Waals surface area contributed by atoms with Gasteiger partial charge in [-0.25, -0.2) is 8.42 Å². The highest BCUT2D eigenvalue weighted by Gasteiger charge is 2.34. The number of ether oxygens (including phenoxy) is 1. The molecular weight excluding hydrogens is 402 g/mol. The van der Waals surface area contributed by atoms with Gasteiger partial charge in [0.05, 0.1) is 24.4 Å². The molecule has 0 spiro atoms. The van der Waals surface area contributed by atoms with Gasteiger partial charge in [0.25, 0.3) is 5.22 Å². The summed E-state index contributed by atoms with van der Waals surface area (Å²) in [6.07, 6.45) is 2.05. The second-order valence-electron chi connectivity index (χ2n) is 6.28. The van der Waals surface area contributed by atoms with Crippen LogP contribution in [0.5, 0.6) is 5.75 Å². The fraction of sp³-hybridized carbons (Fsp3) is 0.389. The third-order valence-electron chi connectivity index (χ3n) is 4.36. The minimum absolute atomic E-state index is 0.000573. The predicted octanol–water partition coefficient (Wildman–Crippen LogP) is 2.04. The average molecular weight is 424 g/mol. The Balaban J connectivity index is 1.61. The molecule has 150 valence electrons. The normalized spacial score (nSPS) is 18.0. The lowest BCUT2D eigenvalue weighted by Gasteiger charge is -2.26. The molecule has 1 aliphatic rings. The molecule has 0 saturated carbocycles. The van der Waals surface area contributed by atoms with E-state index in [1.807, 2.05) is 0 Å². The highest BCUT2D eigenvalue weighted by atomic mass is 32.2. The summed E-state index contributed by atoms with van der Waals surface area (Å²) in [5, 5.41) is 8.23. The topological polar surface area (TPSA) is 103 Å². The number of hydrogen-bond acceptors (Lipinski definition) is 8. The van der Waals surface area contributed by atoms with Crippen LogP contribution in [0.3, 0.4) is 0 Å². The Bertz CT molecular complexity index is 940. The molecule has 0 radical (unpaired) electrons. The van der Waals surface area contributed by atoms with Gasteiger partial charge in [0.2, 0.25) is 11.8 Å². The van der Waals surface area contributed by atoms with E-state index in [0.717, 1.165) is 23.1 Å². The molecule has 1 fully saturated rings. The van der Waals surface area contributed by atoms with E-state index in [4.69, 9.17) is 9.15 Å². The first-order valence-corrected chi connectivity index (χ1v) is 11.4. The smallest absolute Gasteiger partial charge is 0.277 e. The average Bonchev–Trinajstić information content (AvgIpc) is 3.30. The van der Waals surface area contributed by atoms with Gasteiger partial charge in [-0.05, 0) is 30.7 Å². The van der Waals surface area contributed by atoms with Crippen LogP contribution in [-0.4, -0.2) is 66.4 Å². The van der Waals surface area contributed by atoms with Crippen LogP contribution in [0.2, 0.25) is 0 Å². The van der Waals surface area contributed by atoms with Crippen molar-refractivity contribution in [1.29, 1.82) is 0 Å². The summed E-state index contributed by atoms with van der Waals surface area (Å²) < 4.78 is 34.2. The minimum atomic E-state index is -3.08. The Labute approximate surface area is 167 Å². The largest absolute Gasteiger partial charge is 0.497 e. The molecule has 8 nitrogen and oxygen atoms in total. The Morgan fingerprint density at radius 3 is 2.75 bits per heavy atom. The highest BCUT2D eigenvalue weighted by molar-refractivity contribution is 7.99. The number of benzene rings is 1. The molecule has 1 atom stereocenters. The van der Waals surface area contributed by atoms with Crippen LogP contribution in [0.25, 0.3) is 11.5 Å². The number of rotatable bonds is 8. The van der Waals surface area contributed by atoms with E-state index in [2.05, 4.69) is 16.8 Å². The van der Waals surface area contributed by atoms with Crippen LogP contribution >= 0.6 is 11.8 Å². The van der Waals surface area contributed by atoms with Crippen molar-refractivity contribution in [2.45, 2.75) is 17.7 Å². The summed E-state index contributed by atoms with van der Waals surface area (Å²) in [5.41, 5.74) is 0.746. The van der Waals surface area contributed by atoms with Gasteiger partial charge in [-0.2, -0.15) is 0 Å². The van der Waals surface area contributed by atoms with Crippen molar-refractivity contribution in [2.75, 3.05) is 30.9 Å². The fourth-order valence-electron chi connectivity index (χ4n) is 2.94. The molecular formula is C18H21N3O5S2. The minimum Gasteiger partial charge on any atom is -0.497 e. The van der Waals surface area contributed by atoms with Gasteiger partial charge < -0.3 is 14.1 Å². The quantitative estimate of drug-likeness (QED) is 0.469. The van der Waals surface area contributed by atoms with E-state index in [-0.39, 0.29) is 34.4 Å². The molecule has 0 N–H and O–H groups in total. The van der Waals surface area contributed by atoms with E-state index in [0.29, 0.717) is 18.9 Å². The first-order valence-electron chi connectivity index (χ1n) is 8.63. The standard InChI is InChI=1S/C18H21N3O5S2/c1-3-9-21(14-8-10-28(23,24)12-14)16(22)11-27-18-20-19-17(26-18)13-4-6-15(25-2)7-5-13/h3-7,14H,1,8-12H2,2H3. The molecule has 1 unspecified atom stereocenters. The van der Waals surface area contributed by atoms with E-state index < -0.39 is 9.84 Å². The Morgan fingerprint density at radius 1 is 1.39 bits per heavy atom. The van der Waals surface area contributed by atoms with Crippen molar-refractivity contribution in [3.8, 4) is 17.2 Å². The number of amides is 1. The molecule has 28 heavy (non-hydrogen) atoms. The number of nitrogens with zero attached hydrogens (tertiary/aromatic N) is 3. The zero-order valence-corrected chi connectivity index (χ0v) is 17.0. The van der Waals surface area contributed by atoms with Crippen LogP contribution < -0.4 is 4.74 Å². The van der Waals surface area contributed by atoms with Crippen molar-refractivity contribution in [1.82, 2.24) is 15.1 Å². The summed E-state index contributed by atoms with van der Waals surface area (Å²) >= 11 is 1.12. The predicted molar refractivity (Wildman–Crippen MR) is 106 cm³/mol. The Kier molecular flexibility index (Phi) is 6.40. The SMILES string of the molecule is C=CCN(C(=O)CSc1nnc(-c2ccc(OC)cc2)o1)C1CCS(=O)(=O)C1. The molecule has 1 amide bonds. The number of aromatic nitrogens is 2. The molecule has 1 aromatic carbocycles. The van der Waals surface area contributed by atoms with Gasteiger partial charge in [-0.15, -0.1) is 16.8 Å². The van der Waals surface area contributed by atoms with Gasteiger partial charge in [0, 0.05) is 18.2 Å². The number of carbonyl (C=O) groups excluding carboxylic acids is 1. The van der Waals surface area contributed by atoms with Crippen molar-refractivity contribution in [2.24, 2.45) is 0 Å². The zero-order chi connectivity index (χ0) is 20.1. The van der Waals surface area contributed by atoms with Gasteiger partial charge in [-0.3, -0.25) is 4.79 Å². The molecule has 3 rings (SSSR count). The van der Waals surface area contributed by atoms with Crippen LogP contribution in [0.15, 0.2) is 46.6 Å². The van der Waals surface area contributed by atoms with E-state index in [1.54, 1.807) is 42.4 Å². The molecule has 2 aromatic rings. The molecule has 1 aliphatic heterocycles. The number of sulfone groups is 1. The monoisotopic (exact) mass is 423 g/mol. The second-order valence-corrected chi connectivity index (χ2v) is 9.44. The number of methoxy groups -OCH3 is 1. The number of hydrogen-bond donors (Lipinski definition) is 0. The first kappa shape index (κ1) is 20.4. The van der Waals surface area contributed by atoms with Crippen molar-refractivity contribution < 1.29 is 22.4 Å². The van der Waals surface area contributed by atoms with Crippen LogP contribution in [-0.2, 0) is 14.6 Å². The van der Waals surface area contributed by atoms with Crippen LogP contribution in [0.4, 0.5) is 0 Å². The van der Waals surface area contributed by atoms with Gasteiger partial charge in [-0.1, -0.05) is 17.8 Å². The van der Waals surface area contributed by atoms with Gasteiger partial charge >= 0.3 is 0 Å². The summed E-state index contributed by atoms with van der Waals surface area (Å²) in [5.74, 6) is 1.08. The number of carbonyl (C=O) groups is 1. The summed E-state index contributed by atoms with van der Waals surface area (Å²) in [4.78, 5) is 14.2. The molecule has 10 heteroatoms. The molecule has 2 heterocycles. The zero-order valence-electron chi connectivity index (χ0n) is 15.4. The van der Waals surface area contributed by atoms with Crippen molar-refractivity contribution in [3.63, 3.8) is 0 Å². The summed E-state index contributed by atoms with van der Waals surface area (Å²) in [6.45, 7) is 3.96. The van der Waals surface area contributed by atoms with Gasteiger partial charge in [0.15, 0.2) is 9.84 Å². The van der Waals surface area contributed by atoms with Crippen molar-refractivity contribution in [3.05, 3.63) is 36.9 Å². The van der Waals surface area contributed by atoms with Crippen LogP contribution in [0, 0.1) is 0 Å². The fourth-order valence-corrected chi connectivity index (χ4v) is 5.32. The third kappa shape index (κ3) is 4.93. The summed E-state index contributed by atoms with van der Waals surface area (Å²) in [7, 11) is -1.49. The second kappa shape index (κ2) is 8.78. The maximum Gasteiger partial charge on any atom is 0.277 e.